The predicted molar refractivity (Wildman–Crippen MR) is 96.0 cm³/mol. The lowest BCUT2D eigenvalue weighted by atomic mass is 10.1. The summed E-state index contributed by atoms with van der Waals surface area (Å²) in [7, 11) is 1.72. The van der Waals surface area contributed by atoms with Gasteiger partial charge in [0.05, 0.1) is 12.2 Å². The van der Waals surface area contributed by atoms with E-state index in [-0.39, 0.29) is 5.82 Å². The third-order valence-electron chi connectivity index (χ3n) is 4.04. The standard InChI is InChI=1S/C18H22FN5O/c1-3-14-9-15(25-24-14)11-23-18(20-2)21-7-6-12-10-22-17-5-4-13(19)8-16(12)17/h4-5,8-10,22H,3,6-7,11H2,1-2H3,(H2,20,21,23). The third-order valence-corrected chi connectivity index (χ3v) is 4.04. The molecule has 2 heterocycles. The second kappa shape index (κ2) is 7.83. The van der Waals surface area contributed by atoms with Gasteiger partial charge in [0.25, 0.3) is 0 Å². The van der Waals surface area contributed by atoms with Gasteiger partial charge in [-0.2, -0.15) is 0 Å². The minimum Gasteiger partial charge on any atom is -0.361 e. The maximum atomic E-state index is 13.4. The Morgan fingerprint density at radius 1 is 1.32 bits per heavy atom. The number of guanidine groups is 1. The van der Waals surface area contributed by atoms with Crippen LogP contribution < -0.4 is 10.6 Å². The molecule has 0 radical (unpaired) electrons. The third kappa shape index (κ3) is 4.17. The van der Waals surface area contributed by atoms with E-state index in [1.165, 1.54) is 6.07 Å². The maximum Gasteiger partial charge on any atom is 0.191 e. The average Bonchev–Trinajstić information content (AvgIpc) is 3.24. The van der Waals surface area contributed by atoms with Crippen molar-refractivity contribution in [3.63, 3.8) is 0 Å². The molecule has 3 N–H and O–H groups in total. The van der Waals surface area contributed by atoms with Crippen molar-refractivity contribution in [2.45, 2.75) is 26.3 Å². The normalized spacial score (nSPS) is 11.9. The summed E-state index contributed by atoms with van der Waals surface area (Å²) in [6.07, 6.45) is 3.52. The Morgan fingerprint density at radius 3 is 2.96 bits per heavy atom. The van der Waals surface area contributed by atoms with E-state index in [2.05, 4.69) is 25.8 Å². The molecule has 0 aliphatic rings. The second-order valence-corrected chi connectivity index (χ2v) is 5.74. The Morgan fingerprint density at radius 2 is 2.20 bits per heavy atom. The van der Waals surface area contributed by atoms with E-state index in [0.29, 0.717) is 19.0 Å². The zero-order valence-electron chi connectivity index (χ0n) is 14.4. The Kier molecular flexibility index (Phi) is 5.33. The lowest BCUT2D eigenvalue weighted by Gasteiger charge is -2.10. The van der Waals surface area contributed by atoms with Crippen LogP contribution in [0.4, 0.5) is 4.39 Å². The Hall–Kier alpha value is -2.83. The summed E-state index contributed by atoms with van der Waals surface area (Å²) in [4.78, 5) is 7.35. The number of halogens is 1. The molecule has 1 aromatic carbocycles. The largest absolute Gasteiger partial charge is 0.361 e. The molecular weight excluding hydrogens is 321 g/mol. The zero-order chi connectivity index (χ0) is 17.6. The van der Waals surface area contributed by atoms with Gasteiger partial charge >= 0.3 is 0 Å². The first-order valence-corrected chi connectivity index (χ1v) is 8.34. The van der Waals surface area contributed by atoms with Crippen molar-refractivity contribution in [3.05, 3.63) is 53.3 Å². The van der Waals surface area contributed by atoms with Crippen LogP contribution in [0.2, 0.25) is 0 Å². The topological polar surface area (TPSA) is 78.2 Å². The number of nitrogens with zero attached hydrogens (tertiary/aromatic N) is 2. The highest BCUT2D eigenvalue weighted by Gasteiger charge is 2.07. The SMILES string of the molecule is CCc1cc(CNC(=NC)NCCc2c[nH]c3ccc(F)cc23)on1. The fourth-order valence-corrected chi connectivity index (χ4v) is 2.67. The van der Waals surface area contributed by atoms with Crippen molar-refractivity contribution in [3.8, 4) is 0 Å². The monoisotopic (exact) mass is 343 g/mol. The van der Waals surface area contributed by atoms with Gasteiger partial charge in [-0.1, -0.05) is 12.1 Å². The van der Waals surface area contributed by atoms with Gasteiger partial charge in [0.15, 0.2) is 11.7 Å². The van der Waals surface area contributed by atoms with Gasteiger partial charge in [0.2, 0.25) is 0 Å². The van der Waals surface area contributed by atoms with E-state index in [0.717, 1.165) is 40.8 Å². The predicted octanol–water partition coefficient (Wildman–Crippen LogP) is 2.77. The van der Waals surface area contributed by atoms with Gasteiger partial charge in [-0.3, -0.25) is 4.99 Å². The molecule has 132 valence electrons. The van der Waals surface area contributed by atoms with Crippen molar-refractivity contribution in [2.24, 2.45) is 4.99 Å². The second-order valence-electron chi connectivity index (χ2n) is 5.74. The van der Waals surface area contributed by atoms with E-state index in [1.807, 2.05) is 19.2 Å². The molecular formula is C18H22FN5O. The molecule has 3 rings (SSSR count). The number of benzene rings is 1. The highest BCUT2D eigenvalue weighted by molar-refractivity contribution is 5.83. The van der Waals surface area contributed by atoms with Crippen LogP contribution in [0, 0.1) is 5.82 Å². The first-order valence-electron chi connectivity index (χ1n) is 8.34. The van der Waals surface area contributed by atoms with Gasteiger partial charge in [0.1, 0.15) is 5.82 Å². The van der Waals surface area contributed by atoms with Gasteiger partial charge in [-0.15, -0.1) is 0 Å². The fraction of sp³-hybridized carbons (Fsp3) is 0.333. The number of aromatic amines is 1. The smallest absolute Gasteiger partial charge is 0.191 e. The number of H-pyrrole nitrogens is 1. The number of aromatic nitrogens is 2. The van der Waals surface area contributed by atoms with Crippen LogP contribution >= 0.6 is 0 Å². The molecule has 0 aliphatic heterocycles. The Balaban J connectivity index is 1.51. The first-order chi connectivity index (χ1) is 12.2. The van der Waals surface area contributed by atoms with Crippen LogP contribution in [0.3, 0.4) is 0 Å². The summed E-state index contributed by atoms with van der Waals surface area (Å²) in [5.74, 6) is 1.23. The molecule has 0 atom stereocenters. The van der Waals surface area contributed by atoms with Crippen LogP contribution in [-0.2, 0) is 19.4 Å². The number of aliphatic imine (C=N–C) groups is 1. The summed E-state index contributed by atoms with van der Waals surface area (Å²) >= 11 is 0. The van der Waals surface area contributed by atoms with Crippen LogP contribution in [0.15, 0.2) is 40.0 Å². The summed E-state index contributed by atoms with van der Waals surface area (Å²) in [6.45, 7) is 3.23. The molecule has 6 nitrogen and oxygen atoms in total. The van der Waals surface area contributed by atoms with Crippen LogP contribution in [-0.4, -0.2) is 29.7 Å². The minimum atomic E-state index is -0.225. The number of aryl methyl sites for hydroxylation is 1. The van der Waals surface area contributed by atoms with Gasteiger partial charge in [-0.05, 0) is 36.6 Å². The number of nitrogens with one attached hydrogen (secondary N) is 3. The molecule has 0 spiro atoms. The van der Waals surface area contributed by atoms with Crippen LogP contribution in [0.25, 0.3) is 10.9 Å². The van der Waals surface area contributed by atoms with Crippen molar-refractivity contribution in [1.29, 1.82) is 0 Å². The molecule has 0 unspecified atom stereocenters. The molecule has 0 fully saturated rings. The molecule has 7 heteroatoms. The highest BCUT2D eigenvalue weighted by atomic mass is 19.1. The molecule has 0 saturated carbocycles. The van der Waals surface area contributed by atoms with E-state index in [9.17, 15) is 4.39 Å². The van der Waals surface area contributed by atoms with E-state index in [4.69, 9.17) is 4.52 Å². The van der Waals surface area contributed by atoms with Crippen LogP contribution in [0.1, 0.15) is 23.9 Å². The van der Waals surface area contributed by atoms with Gasteiger partial charge in [-0.25, -0.2) is 4.39 Å². The molecule has 0 amide bonds. The lowest BCUT2D eigenvalue weighted by Crippen LogP contribution is -2.37. The summed E-state index contributed by atoms with van der Waals surface area (Å²) < 4.78 is 18.7. The molecule has 25 heavy (non-hydrogen) atoms. The van der Waals surface area contributed by atoms with E-state index < -0.39 is 0 Å². The summed E-state index contributed by atoms with van der Waals surface area (Å²) in [5.41, 5.74) is 2.95. The van der Waals surface area contributed by atoms with Crippen molar-refractivity contribution in [2.75, 3.05) is 13.6 Å². The highest BCUT2D eigenvalue weighted by Crippen LogP contribution is 2.19. The summed E-state index contributed by atoms with van der Waals surface area (Å²) in [5, 5.41) is 11.3. The molecule has 2 aromatic heterocycles. The minimum absolute atomic E-state index is 0.225. The number of rotatable bonds is 6. The summed E-state index contributed by atoms with van der Waals surface area (Å²) in [6, 6.07) is 6.70. The molecule has 0 bridgehead atoms. The van der Waals surface area contributed by atoms with Crippen molar-refractivity contribution < 1.29 is 8.91 Å². The molecule has 0 saturated heterocycles. The average molecular weight is 343 g/mol. The molecule has 3 aromatic rings. The van der Waals surface area contributed by atoms with Crippen molar-refractivity contribution >= 4 is 16.9 Å². The van der Waals surface area contributed by atoms with E-state index in [1.54, 1.807) is 19.2 Å². The zero-order valence-corrected chi connectivity index (χ0v) is 14.4. The quantitative estimate of drug-likeness (QED) is 0.475. The maximum absolute atomic E-state index is 13.4. The Labute approximate surface area is 145 Å². The number of hydrogen-bond donors (Lipinski definition) is 3. The fourth-order valence-electron chi connectivity index (χ4n) is 2.67. The van der Waals surface area contributed by atoms with Crippen LogP contribution in [0.5, 0.6) is 0 Å². The van der Waals surface area contributed by atoms with Crippen molar-refractivity contribution in [1.82, 2.24) is 20.8 Å². The number of fused-ring (bicyclic) bond motifs is 1. The van der Waals surface area contributed by atoms with Gasteiger partial charge < -0.3 is 20.1 Å². The van der Waals surface area contributed by atoms with E-state index >= 15 is 0 Å². The molecule has 0 aliphatic carbocycles. The van der Waals surface area contributed by atoms with Gasteiger partial charge in [0, 0.05) is 36.8 Å². The Bertz CT molecular complexity index is 867. The lowest BCUT2D eigenvalue weighted by molar-refractivity contribution is 0.374. The first kappa shape index (κ1) is 17.0. The number of hydrogen-bond acceptors (Lipinski definition) is 3.